The Bertz CT molecular complexity index is 467. The van der Waals surface area contributed by atoms with Crippen molar-refractivity contribution in [3.8, 4) is 0 Å². The van der Waals surface area contributed by atoms with Crippen LogP contribution in [0.2, 0.25) is 0 Å². The Morgan fingerprint density at radius 3 is 2.76 bits per heavy atom. The fraction of sp³-hybridized carbons (Fsp3) is 0.133. The van der Waals surface area contributed by atoms with Crippen molar-refractivity contribution in [2.75, 3.05) is 6.54 Å². The van der Waals surface area contributed by atoms with E-state index in [4.69, 9.17) is 0 Å². The zero-order valence-electron chi connectivity index (χ0n) is 9.95. The van der Waals surface area contributed by atoms with Gasteiger partial charge in [0.05, 0.1) is 5.69 Å². The highest BCUT2D eigenvalue weighted by molar-refractivity contribution is 5.76. The van der Waals surface area contributed by atoms with Gasteiger partial charge in [0.1, 0.15) is 0 Å². The van der Waals surface area contributed by atoms with Crippen LogP contribution in [0.5, 0.6) is 0 Å². The lowest BCUT2D eigenvalue weighted by atomic mass is 10.2. The van der Waals surface area contributed by atoms with Crippen LogP contribution >= 0.6 is 0 Å². The quantitative estimate of drug-likeness (QED) is 0.715. The lowest BCUT2D eigenvalue weighted by molar-refractivity contribution is 0.504. The Labute approximate surface area is 102 Å². The van der Waals surface area contributed by atoms with E-state index in [0.717, 1.165) is 17.9 Å². The molecule has 2 rings (SSSR count). The van der Waals surface area contributed by atoms with Crippen molar-refractivity contribution in [3.05, 3.63) is 66.5 Å². The molecular weight excluding hydrogens is 208 g/mol. The number of aliphatic imine (C=N–C) groups is 1. The third kappa shape index (κ3) is 3.18. The minimum Gasteiger partial charge on any atom is -0.348 e. The predicted octanol–water partition coefficient (Wildman–Crippen LogP) is 3.68. The highest BCUT2D eigenvalue weighted by Crippen LogP contribution is 2.12. The van der Waals surface area contributed by atoms with Crippen LogP contribution in [0.15, 0.2) is 71.5 Å². The van der Waals surface area contributed by atoms with Crippen molar-refractivity contribution in [1.29, 1.82) is 0 Å². The molecule has 1 aromatic carbocycles. The van der Waals surface area contributed by atoms with Crippen molar-refractivity contribution in [1.82, 2.24) is 4.90 Å². The summed E-state index contributed by atoms with van der Waals surface area (Å²) >= 11 is 0. The number of likely N-dealkylation sites (N-methyl/N-ethyl adjacent to an activating group) is 1. The van der Waals surface area contributed by atoms with E-state index in [-0.39, 0.29) is 0 Å². The lowest BCUT2D eigenvalue weighted by Gasteiger charge is -2.21. The maximum Gasteiger partial charge on any atom is 0.0629 e. The summed E-state index contributed by atoms with van der Waals surface area (Å²) in [7, 11) is 0. The van der Waals surface area contributed by atoms with Gasteiger partial charge in [0, 0.05) is 24.7 Å². The molecule has 0 spiro atoms. The van der Waals surface area contributed by atoms with Crippen molar-refractivity contribution in [2.24, 2.45) is 4.99 Å². The molecule has 86 valence electrons. The lowest BCUT2D eigenvalue weighted by Crippen LogP contribution is -2.16. The number of rotatable bonds is 3. The van der Waals surface area contributed by atoms with Crippen LogP contribution < -0.4 is 0 Å². The Balaban J connectivity index is 2.08. The Morgan fingerprint density at radius 2 is 2.00 bits per heavy atom. The van der Waals surface area contributed by atoms with Crippen LogP contribution in [0.3, 0.4) is 0 Å². The second kappa shape index (κ2) is 5.85. The van der Waals surface area contributed by atoms with Gasteiger partial charge >= 0.3 is 0 Å². The number of nitrogens with zero attached hydrogens (tertiary/aromatic N) is 2. The third-order valence-electron chi connectivity index (χ3n) is 2.54. The summed E-state index contributed by atoms with van der Waals surface area (Å²) in [6.45, 7) is 3.09. The zero-order valence-corrected chi connectivity index (χ0v) is 9.95. The third-order valence-corrected chi connectivity index (χ3v) is 2.54. The van der Waals surface area contributed by atoms with E-state index >= 15 is 0 Å². The van der Waals surface area contributed by atoms with Crippen LogP contribution in [0.25, 0.3) is 0 Å². The maximum absolute atomic E-state index is 4.38. The zero-order chi connectivity index (χ0) is 11.9. The summed E-state index contributed by atoms with van der Waals surface area (Å²) in [5.41, 5.74) is 2.14. The molecule has 0 saturated heterocycles. The molecule has 0 aromatic heterocycles. The smallest absolute Gasteiger partial charge is 0.0629 e. The molecular formula is C15H16N2. The molecule has 1 aliphatic heterocycles. The first-order chi connectivity index (χ1) is 8.40. The molecule has 1 heterocycles. The van der Waals surface area contributed by atoms with Crippen molar-refractivity contribution < 1.29 is 0 Å². The molecule has 2 nitrogen and oxygen atoms in total. The van der Waals surface area contributed by atoms with E-state index in [2.05, 4.69) is 29.1 Å². The maximum atomic E-state index is 4.38. The van der Waals surface area contributed by atoms with E-state index in [1.807, 2.05) is 54.8 Å². The van der Waals surface area contributed by atoms with Crippen LogP contribution in [-0.4, -0.2) is 17.7 Å². The average molecular weight is 224 g/mol. The standard InChI is InChI=1S/C15H16N2/c1-2-17-13-7-6-10-15(17)11-12-16-14-8-4-3-5-9-14/h3-13H,2H2,1H3/b15-11+,16-12?. The van der Waals surface area contributed by atoms with Crippen LogP contribution in [0.1, 0.15) is 6.92 Å². The first-order valence-corrected chi connectivity index (χ1v) is 5.81. The minimum atomic E-state index is 0.964. The van der Waals surface area contributed by atoms with Crippen molar-refractivity contribution >= 4 is 11.9 Å². The largest absolute Gasteiger partial charge is 0.348 e. The molecule has 1 aromatic rings. The van der Waals surface area contributed by atoms with Gasteiger partial charge in [0.15, 0.2) is 0 Å². The van der Waals surface area contributed by atoms with Crippen LogP contribution in [0, 0.1) is 0 Å². The highest BCUT2D eigenvalue weighted by Gasteiger charge is 2.01. The Hall–Kier alpha value is -2.09. The molecule has 0 saturated carbocycles. The Kier molecular flexibility index (Phi) is 3.92. The van der Waals surface area contributed by atoms with Gasteiger partial charge < -0.3 is 4.90 Å². The topological polar surface area (TPSA) is 15.6 Å². The van der Waals surface area contributed by atoms with Crippen LogP contribution in [0.4, 0.5) is 5.69 Å². The summed E-state index contributed by atoms with van der Waals surface area (Å²) in [5, 5.41) is 0. The first kappa shape index (κ1) is 11.4. The van der Waals surface area contributed by atoms with E-state index in [1.165, 1.54) is 0 Å². The molecule has 2 heteroatoms. The highest BCUT2D eigenvalue weighted by atomic mass is 15.1. The van der Waals surface area contributed by atoms with Gasteiger partial charge in [-0.1, -0.05) is 24.3 Å². The number of allylic oxidation sites excluding steroid dienone is 4. The fourth-order valence-electron chi connectivity index (χ4n) is 1.64. The molecule has 1 aliphatic rings. The van der Waals surface area contributed by atoms with Gasteiger partial charge in [-0.3, -0.25) is 4.99 Å². The number of benzene rings is 1. The van der Waals surface area contributed by atoms with Crippen LogP contribution in [-0.2, 0) is 0 Å². The van der Waals surface area contributed by atoms with Gasteiger partial charge in [0.25, 0.3) is 0 Å². The summed E-state index contributed by atoms with van der Waals surface area (Å²) in [6.07, 6.45) is 12.1. The second-order valence-corrected chi connectivity index (χ2v) is 3.69. The van der Waals surface area contributed by atoms with E-state index in [0.29, 0.717) is 0 Å². The number of para-hydroxylation sites is 1. The molecule has 0 amide bonds. The first-order valence-electron chi connectivity index (χ1n) is 5.81. The fourth-order valence-corrected chi connectivity index (χ4v) is 1.64. The number of hydrogen-bond acceptors (Lipinski definition) is 2. The van der Waals surface area contributed by atoms with Crippen molar-refractivity contribution in [3.63, 3.8) is 0 Å². The molecule has 0 fully saturated rings. The summed E-state index contributed by atoms with van der Waals surface area (Å²) in [4.78, 5) is 6.56. The predicted molar refractivity (Wildman–Crippen MR) is 73.3 cm³/mol. The molecule has 0 radical (unpaired) electrons. The molecule has 17 heavy (non-hydrogen) atoms. The van der Waals surface area contributed by atoms with Gasteiger partial charge in [-0.25, -0.2) is 0 Å². The van der Waals surface area contributed by atoms with E-state index in [9.17, 15) is 0 Å². The van der Waals surface area contributed by atoms with Gasteiger partial charge in [-0.2, -0.15) is 0 Å². The monoisotopic (exact) mass is 224 g/mol. The van der Waals surface area contributed by atoms with Gasteiger partial charge in [-0.15, -0.1) is 0 Å². The molecule has 0 bridgehead atoms. The average Bonchev–Trinajstić information content (AvgIpc) is 2.40. The van der Waals surface area contributed by atoms with Crippen molar-refractivity contribution in [2.45, 2.75) is 6.92 Å². The summed E-state index contributed by atoms with van der Waals surface area (Å²) < 4.78 is 0. The molecule has 0 N–H and O–H groups in total. The number of hydrogen-bond donors (Lipinski definition) is 0. The van der Waals surface area contributed by atoms with E-state index in [1.54, 1.807) is 0 Å². The Morgan fingerprint density at radius 1 is 1.18 bits per heavy atom. The second-order valence-electron chi connectivity index (χ2n) is 3.69. The van der Waals surface area contributed by atoms with E-state index < -0.39 is 0 Å². The van der Waals surface area contributed by atoms with Gasteiger partial charge in [0.2, 0.25) is 0 Å². The summed E-state index contributed by atoms with van der Waals surface area (Å²) in [5.74, 6) is 0. The summed E-state index contributed by atoms with van der Waals surface area (Å²) in [6, 6.07) is 9.94. The normalized spacial score (nSPS) is 17.2. The van der Waals surface area contributed by atoms with Gasteiger partial charge in [-0.05, 0) is 37.3 Å². The molecule has 0 atom stereocenters. The molecule has 0 aliphatic carbocycles. The molecule has 0 unspecified atom stereocenters. The minimum absolute atomic E-state index is 0.964. The SMILES string of the molecule is CCN1C=CC=C/C1=C\C=Nc1ccccc1.